The third-order valence-electron chi connectivity index (χ3n) is 3.43. The first kappa shape index (κ1) is 17.1. The van der Waals surface area contributed by atoms with Crippen LogP contribution in [0.4, 0.5) is 11.4 Å². The maximum atomic E-state index is 12.6. The fourth-order valence-electron chi connectivity index (χ4n) is 2.22. The lowest BCUT2D eigenvalue weighted by molar-refractivity contribution is 0.102. The highest BCUT2D eigenvalue weighted by Gasteiger charge is 2.14. The lowest BCUT2D eigenvalue weighted by Gasteiger charge is -2.13. The van der Waals surface area contributed by atoms with Gasteiger partial charge in [0.15, 0.2) is 0 Å². The molecule has 1 amide bonds. The van der Waals surface area contributed by atoms with E-state index in [1.54, 1.807) is 36.7 Å². The maximum absolute atomic E-state index is 12.6. The second kappa shape index (κ2) is 7.88. The largest absolute Gasteiger partial charge is 0.345 e. The fraction of sp³-hybridized carbons (Fsp3) is 0. The second-order valence-corrected chi connectivity index (χ2v) is 6.05. The Labute approximate surface area is 155 Å². The molecule has 25 heavy (non-hydrogen) atoms. The molecule has 4 nitrogen and oxygen atoms in total. The van der Waals surface area contributed by atoms with E-state index in [0.29, 0.717) is 26.9 Å². The van der Waals surface area contributed by atoms with Crippen molar-refractivity contribution < 1.29 is 4.79 Å². The van der Waals surface area contributed by atoms with Crippen molar-refractivity contribution in [2.24, 2.45) is 0 Å². The number of nitrogens with zero attached hydrogens (tertiary/aromatic N) is 1. The van der Waals surface area contributed by atoms with Crippen LogP contribution in [-0.4, -0.2) is 15.9 Å². The van der Waals surface area contributed by atoms with Gasteiger partial charge in [0.2, 0.25) is 0 Å². The highest BCUT2D eigenvalue weighted by Crippen LogP contribution is 2.23. The van der Waals surface area contributed by atoms with Crippen LogP contribution in [-0.2, 0) is 0 Å². The van der Waals surface area contributed by atoms with Crippen molar-refractivity contribution in [1.82, 2.24) is 4.98 Å². The van der Waals surface area contributed by atoms with Gasteiger partial charge >= 0.3 is 0 Å². The van der Waals surface area contributed by atoms with Crippen LogP contribution < -0.4 is 10.6 Å². The van der Waals surface area contributed by atoms with Gasteiger partial charge < -0.3 is 10.6 Å². The van der Waals surface area contributed by atoms with Crippen molar-refractivity contribution in [2.75, 3.05) is 10.6 Å². The second-order valence-electron chi connectivity index (χ2n) is 5.21. The Kier molecular flexibility index (Phi) is 5.38. The van der Waals surface area contributed by atoms with Gasteiger partial charge in [-0.05, 0) is 42.5 Å². The van der Waals surface area contributed by atoms with Gasteiger partial charge in [0.05, 0.1) is 11.3 Å². The summed E-state index contributed by atoms with van der Waals surface area (Å²) < 4.78 is 0. The molecule has 2 N–H and O–H groups in total. The summed E-state index contributed by atoms with van der Waals surface area (Å²) in [5.74, 6) is -0.273. The first-order chi connectivity index (χ1) is 12.1. The van der Waals surface area contributed by atoms with E-state index in [0.717, 1.165) is 5.56 Å². The zero-order valence-electron chi connectivity index (χ0n) is 13.1. The maximum Gasteiger partial charge on any atom is 0.257 e. The molecule has 2 aromatic carbocycles. The van der Waals surface area contributed by atoms with Crippen molar-refractivity contribution in [3.8, 4) is 0 Å². The monoisotopic (exact) mass is 367 g/mol. The predicted molar refractivity (Wildman–Crippen MR) is 105 cm³/mol. The van der Waals surface area contributed by atoms with E-state index in [2.05, 4.69) is 15.6 Å². The van der Waals surface area contributed by atoms with Gasteiger partial charge in [0, 0.05) is 28.7 Å². The van der Waals surface area contributed by atoms with E-state index in [-0.39, 0.29) is 5.91 Å². The zero-order chi connectivity index (χ0) is 17.6. The molecule has 0 unspecified atom stereocenters. The third kappa shape index (κ3) is 4.41. The number of hydrogen-bond acceptors (Lipinski definition) is 3. The number of carbonyl (C=O) groups excluding carboxylic acids is 1. The molecule has 3 aromatic rings. The lowest BCUT2D eigenvalue weighted by Crippen LogP contribution is -2.17. The van der Waals surface area contributed by atoms with E-state index < -0.39 is 0 Å². The summed E-state index contributed by atoms with van der Waals surface area (Å²) in [6.45, 7) is 0. The summed E-state index contributed by atoms with van der Waals surface area (Å²) in [6.07, 6.45) is 3.34. The minimum absolute atomic E-state index is 0.273. The van der Waals surface area contributed by atoms with E-state index >= 15 is 0 Å². The van der Waals surface area contributed by atoms with Crippen LogP contribution in [0, 0.1) is 0 Å². The van der Waals surface area contributed by atoms with Crippen LogP contribution in [0.25, 0.3) is 0 Å². The first-order valence-corrected chi connectivity index (χ1v) is 8.29. The molecule has 0 saturated heterocycles. The molecular weight excluding hydrogens is 354 g/mol. The molecule has 124 valence electrons. The van der Waals surface area contributed by atoms with Gasteiger partial charge in [0.1, 0.15) is 4.99 Å². The molecule has 0 aliphatic carbocycles. The predicted octanol–water partition coefficient (Wildman–Crippen LogP) is 4.77. The van der Waals surface area contributed by atoms with Crippen LogP contribution in [0.2, 0.25) is 5.02 Å². The third-order valence-corrected chi connectivity index (χ3v) is 4.00. The summed E-state index contributed by atoms with van der Waals surface area (Å²) in [5.41, 5.74) is 2.45. The zero-order valence-corrected chi connectivity index (χ0v) is 14.6. The van der Waals surface area contributed by atoms with Crippen molar-refractivity contribution in [3.05, 3.63) is 89.2 Å². The smallest absolute Gasteiger partial charge is 0.257 e. The van der Waals surface area contributed by atoms with Crippen LogP contribution in [0.1, 0.15) is 15.9 Å². The molecule has 1 heterocycles. The number of thiocarbonyl (C=S) groups is 1. The highest BCUT2D eigenvalue weighted by atomic mass is 35.5. The molecule has 1 aromatic heterocycles. The van der Waals surface area contributed by atoms with Gasteiger partial charge in [-0.1, -0.05) is 42.0 Å². The molecule has 0 saturated carbocycles. The van der Waals surface area contributed by atoms with Crippen molar-refractivity contribution in [1.29, 1.82) is 0 Å². The molecule has 0 bridgehead atoms. The number of para-hydroxylation sites is 1. The number of carbonyl (C=O) groups is 1. The van der Waals surface area contributed by atoms with Crippen molar-refractivity contribution in [2.45, 2.75) is 0 Å². The number of hydrogen-bond donors (Lipinski definition) is 2. The molecule has 0 aliphatic rings. The Morgan fingerprint density at radius 1 is 1.00 bits per heavy atom. The Morgan fingerprint density at radius 3 is 2.52 bits per heavy atom. The summed E-state index contributed by atoms with van der Waals surface area (Å²) >= 11 is 11.5. The minimum atomic E-state index is -0.273. The number of amides is 1. The summed E-state index contributed by atoms with van der Waals surface area (Å²) in [5, 5.41) is 6.41. The average molecular weight is 368 g/mol. The van der Waals surface area contributed by atoms with Crippen LogP contribution in [0.15, 0.2) is 73.1 Å². The SMILES string of the molecule is O=C(Nc1ccccc1)c1cc(Cl)ccc1NC(=S)c1cccnc1. The average Bonchev–Trinajstić information content (AvgIpc) is 2.64. The van der Waals surface area contributed by atoms with Gasteiger partial charge in [-0.25, -0.2) is 0 Å². The Hall–Kier alpha value is -2.76. The Bertz CT molecular complexity index is 901. The number of aromatic nitrogens is 1. The Balaban J connectivity index is 1.85. The quantitative estimate of drug-likeness (QED) is 0.652. The topological polar surface area (TPSA) is 54.0 Å². The van der Waals surface area contributed by atoms with Gasteiger partial charge in [0.25, 0.3) is 5.91 Å². The number of rotatable bonds is 4. The minimum Gasteiger partial charge on any atom is -0.345 e. The molecule has 3 rings (SSSR count). The fourth-order valence-corrected chi connectivity index (χ4v) is 2.63. The van der Waals surface area contributed by atoms with Crippen LogP contribution in [0.3, 0.4) is 0 Å². The van der Waals surface area contributed by atoms with Crippen molar-refractivity contribution >= 4 is 46.1 Å². The normalized spacial score (nSPS) is 10.1. The van der Waals surface area contributed by atoms with E-state index in [4.69, 9.17) is 23.8 Å². The first-order valence-electron chi connectivity index (χ1n) is 7.51. The number of halogens is 1. The summed E-state index contributed by atoms with van der Waals surface area (Å²) in [6, 6.07) is 17.9. The number of benzene rings is 2. The summed E-state index contributed by atoms with van der Waals surface area (Å²) in [7, 11) is 0. The Morgan fingerprint density at radius 2 is 1.80 bits per heavy atom. The summed E-state index contributed by atoms with van der Waals surface area (Å²) in [4.78, 5) is 17.2. The van der Waals surface area contributed by atoms with Crippen molar-refractivity contribution in [3.63, 3.8) is 0 Å². The van der Waals surface area contributed by atoms with Gasteiger partial charge in [-0.3, -0.25) is 9.78 Å². The van der Waals surface area contributed by atoms with E-state index in [1.165, 1.54) is 0 Å². The van der Waals surface area contributed by atoms with E-state index in [1.807, 2.05) is 36.4 Å². The molecule has 0 fully saturated rings. The van der Waals surface area contributed by atoms with Gasteiger partial charge in [-0.2, -0.15) is 0 Å². The lowest BCUT2D eigenvalue weighted by atomic mass is 10.1. The van der Waals surface area contributed by atoms with Crippen LogP contribution >= 0.6 is 23.8 Å². The molecule has 0 aliphatic heterocycles. The highest BCUT2D eigenvalue weighted by molar-refractivity contribution is 7.81. The molecule has 6 heteroatoms. The standard InChI is InChI=1S/C19H14ClN3OS/c20-14-8-9-17(23-19(25)13-5-4-10-21-12-13)16(11-14)18(24)22-15-6-2-1-3-7-15/h1-12H,(H,22,24)(H,23,25). The molecule has 0 atom stereocenters. The molecule has 0 radical (unpaired) electrons. The van der Waals surface area contributed by atoms with Gasteiger partial charge in [-0.15, -0.1) is 0 Å². The molecule has 0 spiro atoms. The number of anilines is 2. The van der Waals surface area contributed by atoms with Crippen LogP contribution in [0.5, 0.6) is 0 Å². The number of nitrogens with one attached hydrogen (secondary N) is 2. The molecular formula is C19H14ClN3OS. The number of pyridine rings is 1. The van der Waals surface area contributed by atoms with E-state index in [9.17, 15) is 4.79 Å².